The van der Waals surface area contributed by atoms with Crippen LogP contribution in [0.15, 0.2) is 24.3 Å². The molecular weight excluding hydrogens is 326 g/mol. The maximum atomic E-state index is 12.2. The molecule has 2 N–H and O–H groups in total. The lowest BCUT2D eigenvalue weighted by Gasteiger charge is -2.14. The van der Waals surface area contributed by atoms with Gasteiger partial charge in [0.25, 0.3) is 0 Å². The fourth-order valence-electron chi connectivity index (χ4n) is 3.35. The normalized spacial score (nSPS) is 12.6. The number of hydrogen-bond acceptors (Lipinski definition) is 4. The Morgan fingerprint density at radius 2 is 2.04 bits per heavy atom. The van der Waals surface area contributed by atoms with Gasteiger partial charge in [-0.2, -0.15) is 5.10 Å². The average molecular weight is 353 g/mol. The largest absolute Gasteiger partial charge is 0.355 e. The molecule has 138 valence electrons. The van der Waals surface area contributed by atoms with Crippen LogP contribution in [-0.2, 0) is 11.2 Å². The lowest BCUT2D eigenvalue weighted by atomic mass is 10.1. The number of rotatable bonds is 7. The Hall–Kier alpha value is -2.47. The van der Waals surface area contributed by atoms with Gasteiger partial charge in [-0.15, -0.1) is 0 Å². The van der Waals surface area contributed by atoms with Crippen LogP contribution in [0.3, 0.4) is 0 Å². The summed E-state index contributed by atoms with van der Waals surface area (Å²) < 4.78 is 1.90. The maximum absolute atomic E-state index is 12.2. The van der Waals surface area contributed by atoms with Crippen LogP contribution >= 0.6 is 0 Å². The first-order valence-electron chi connectivity index (χ1n) is 9.25. The Morgan fingerprint density at radius 3 is 2.81 bits per heavy atom. The van der Waals surface area contributed by atoms with Crippen LogP contribution in [0.25, 0.3) is 16.6 Å². The van der Waals surface area contributed by atoms with Gasteiger partial charge in [0, 0.05) is 35.8 Å². The van der Waals surface area contributed by atoms with Crippen molar-refractivity contribution >= 4 is 22.5 Å². The zero-order valence-corrected chi connectivity index (χ0v) is 16.0. The van der Waals surface area contributed by atoms with Gasteiger partial charge >= 0.3 is 0 Å². The van der Waals surface area contributed by atoms with Gasteiger partial charge in [0.1, 0.15) is 0 Å². The topological polar surface area (TPSA) is 71.3 Å². The molecule has 1 atom stereocenters. The first-order chi connectivity index (χ1) is 12.5. The second-order valence-electron chi connectivity index (χ2n) is 6.78. The number of nitrogens with one attached hydrogen (secondary N) is 2. The third-order valence-electron chi connectivity index (χ3n) is 4.78. The minimum atomic E-state index is 0.0688. The zero-order chi connectivity index (χ0) is 18.7. The quantitative estimate of drug-likeness (QED) is 0.685. The minimum Gasteiger partial charge on any atom is -0.355 e. The van der Waals surface area contributed by atoms with E-state index in [0.717, 1.165) is 40.0 Å². The number of amides is 1. The highest BCUT2D eigenvalue weighted by Crippen LogP contribution is 2.22. The van der Waals surface area contributed by atoms with E-state index in [0.29, 0.717) is 19.4 Å². The summed E-state index contributed by atoms with van der Waals surface area (Å²) in [5.74, 6) is 0.0688. The Labute approximate surface area is 154 Å². The van der Waals surface area contributed by atoms with E-state index in [1.807, 2.05) is 42.6 Å². The number of carbonyl (C=O) groups is 1. The monoisotopic (exact) mass is 353 g/mol. The number of nitrogens with zero attached hydrogens (tertiary/aromatic N) is 3. The molecule has 0 bridgehead atoms. The predicted octanol–water partition coefficient (Wildman–Crippen LogP) is 2.55. The first kappa shape index (κ1) is 18.3. The van der Waals surface area contributed by atoms with Crippen LogP contribution in [0.4, 0.5) is 0 Å². The summed E-state index contributed by atoms with van der Waals surface area (Å²) >= 11 is 0. The van der Waals surface area contributed by atoms with Crippen molar-refractivity contribution < 1.29 is 4.79 Å². The van der Waals surface area contributed by atoms with E-state index < -0.39 is 0 Å². The standard InChI is InChI=1S/C20H27N5O/c1-5-21-13(2)12-22-19(26)11-10-16-14(3)23-20-17-8-6-7-9-18(17)24-25(20)15(16)4/h6-9,13,21H,5,10-12H2,1-4H3,(H,22,26)/t13-/m1/s1. The molecule has 0 fully saturated rings. The van der Waals surface area contributed by atoms with E-state index in [4.69, 9.17) is 4.98 Å². The molecule has 0 aliphatic rings. The summed E-state index contributed by atoms with van der Waals surface area (Å²) in [5.41, 5.74) is 4.94. The number of likely N-dealkylation sites (N-methyl/N-ethyl adjacent to an activating group) is 1. The fraction of sp³-hybridized carbons (Fsp3) is 0.450. The van der Waals surface area contributed by atoms with Gasteiger partial charge in [-0.05, 0) is 51.4 Å². The van der Waals surface area contributed by atoms with Crippen LogP contribution in [0, 0.1) is 13.8 Å². The van der Waals surface area contributed by atoms with E-state index >= 15 is 0 Å². The van der Waals surface area contributed by atoms with Crippen molar-refractivity contribution in [3.05, 3.63) is 41.2 Å². The number of hydrogen-bond donors (Lipinski definition) is 2. The molecule has 2 aromatic heterocycles. The molecule has 0 unspecified atom stereocenters. The number of benzene rings is 1. The molecular formula is C20H27N5O. The molecule has 0 aliphatic heterocycles. The number of carbonyl (C=O) groups excluding carboxylic acids is 1. The van der Waals surface area contributed by atoms with Gasteiger partial charge in [-0.1, -0.05) is 19.1 Å². The minimum absolute atomic E-state index is 0.0688. The fourth-order valence-corrected chi connectivity index (χ4v) is 3.35. The Balaban J connectivity index is 1.76. The molecule has 1 amide bonds. The van der Waals surface area contributed by atoms with Gasteiger partial charge in [0.2, 0.25) is 5.91 Å². The molecule has 0 radical (unpaired) electrons. The SMILES string of the molecule is CCN[C@H](C)CNC(=O)CCc1c(C)nc2c3ccccc3nn2c1C. The summed E-state index contributed by atoms with van der Waals surface area (Å²) in [7, 11) is 0. The Bertz CT molecular complexity index is 931. The second-order valence-corrected chi connectivity index (χ2v) is 6.78. The van der Waals surface area contributed by atoms with Crippen molar-refractivity contribution in [1.82, 2.24) is 25.2 Å². The zero-order valence-electron chi connectivity index (χ0n) is 16.0. The third-order valence-corrected chi connectivity index (χ3v) is 4.78. The average Bonchev–Trinajstić information content (AvgIpc) is 2.99. The summed E-state index contributed by atoms with van der Waals surface area (Å²) in [5, 5.41) is 12.0. The van der Waals surface area contributed by atoms with Crippen molar-refractivity contribution in [1.29, 1.82) is 0 Å². The third kappa shape index (κ3) is 3.70. The van der Waals surface area contributed by atoms with Crippen molar-refractivity contribution in [3.63, 3.8) is 0 Å². The molecule has 6 heteroatoms. The molecule has 0 saturated carbocycles. The van der Waals surface area contributed by atoms with Crippen molar-refractivity contribution in [2.75, 3.05) is 13.1 Å². The number of aryl methyl sites for hydroxylation is 2. The Morgan fingerprint density at radius 1 is 1.27 bits per heavy atom. The molecule has 3 aromatic rings. The Kier molecular flexibility index (Phi) is 5.52. The van der Waals surface area contributed by atoms with E-state index in [9.17, 15) is 4.79 Å². The highest BCUT2D eigenvalue weighted by atomic mass is 16.1. The molecule has 0 aliphatic carbocycles. The second kappa shape index (κ2) is 7.83. The van der Waals surface area contributed by atoms with Crippen LogP contribution in [0.1, 0.15) is 37.2 Å². The van der Waals surface area contributed by atoms with E-state index in [1.165, 1.54) is 0 Å². The summed E-state index contributed by atoms with van der Waals surface area (Å²) in [6, 6.07) is 8.31. The van der Waals surface area contributed by atoms with Gasteiger partial charge in [0.05, 0.1) is 5.52 Å². The number of aromatic nitrogens is 3. The van der Waals surface area contributed by atoms with Gasteiger partial charge in [-0.25, -0.2) is 9.50 Å². The summed E-state index contributed by atoms with van der Waals surface area (Å²) in [6.45, 7) is 9.74. The van der Waals surface area contributed by atoms with Crippen molar-refractivity contribution in [3.8, 4) is 0 Å². The molecule has 26 heavy (non-hydrogen) atoms. The van der Waals surface area contributed by atoms with Crippen LogP contribution in [-0.4, -0.2) is 39.6 Å². The van der Waals surface area contributed by atoms with Crippen LogP contribution in [0.5, 0.6) is 0 Å². The predicted molar refractivity (Wildman–Crippen MR) is 104 cm³/mol. The van der Waals surface area contributed by atoms with E-state index in [-0.39, 0.29) is 11.9 Å². The van der Waals surface area contributed by atoms with Gasteiger partial charge in [0.15, 0.2) is 5.65 Å². The first-order valence-corrected chi connectivity index (χ1v) is 9.25. The van der Waals surface area contributed by atoms with Gasteiger partial charge < -0.3 is 10.6 Å². The van der Waals surface area contributed by atoms with E-state index in [2.05, 4.69) is 29.6 Å². The molecule has 3 rings (SSSR count). The molecule has 6 nitrogen and oxygen atoms in total. The summed E-state index contributed by atoms with van der Waals surface area (Å²) in [6.07, 6.45) is 1.12. The molecule has 2 heterocycles. The van der Waals surface area contributed by atoms with E-state index in [1.54, 1.807) is 0 Å². The highest BCUT2D eigenvalue weighted by molar-refractivity contribution is 5.92. The lowest BCUT2D eigenvalue weighted by molar-refractivity contribution is -0.121. The van der Waals surface area contributed by atoms with Crippen LogP contribution < -0.4 is 10.6 Å². The van der Waals surface area contributed by atoms with Gasteiger partial charge in [-0.3, -0.25) is 4.79 Å². The van der Waals surface area contributed by atoms with Crippen molar-refractivity contribution in [2.24, 2.45) is 0 Å². The van der Waals surface area contributed by atoms with Crippen molar-refractivity contribution in [2.45, 2.75) is 46.6 Å². The molecule has 1 aromatic carbocycles. The van der Waals surface area contributed by atoms with Crippen LogP contribution in [0.2, 0.25) is 0 Å². The summed E-state index contributed by atoms with van der Waals surface area (Å²) in [4.78, 5) is 16.9. The molecule has 0 spiro atoms. The number of fused-ring (bicyclic) bond motifs is 3. The molecule has 0 saturated heterocycles. The highest BCUT2D eigenvalue weighted by Gasteiger charge is 2.15. The smallest absolute Gasteiger partial charge is 0.220 e. The lowest BCUT2D eigenvalue weighted by Crippen LogP contribution is -2.38. The maximum Gasteiger partial charge on any atom is 0.220 e.